The third kappa shape index (κ3) is 1.34. The lowest BCUT2D eigenvalue weighted by Crippen LogP contribution is -1.87. The van der Waals surface area contributed by atoms with Crippen LogP contribution in [0.15, 0.2) is 6.07 Å². The van der Waals surface area contributed by atoms with Gasteiger partial charge in [0.1, 0.15) is 0 Å². The number of hydrogen-bond acceptors (Lipinski definition) is 2. The smallest absolute Gasteiger partial charge is 0.176 e. The summed E-state index contributed by atoms with van der Waals surface area (Å²) >= 11 is 5.66. The van der Waals surface area contributed by atoms with E-state index in [4.69, 9.17) is 11.6 Å². The maximum atomic E-state index is 9.36. The molecule has 0 heterocycles. The largest absolute Gasteiger partial charge is 0.504 e. The van der Waals surface area contributed by atoms with Crippen molar-refractivity contribution in [3.05, 3.63) is 22.2 Å². The van der Waals surface area contributed by atoms with E-state index in [0.717, 1.165) is 12.0 Å². The summed E-state index contributed by atoms with van der Waals surface area (Å²) in [6.45, 7) is 3.72. The first-order valence-electron chi connectivity index (χ1n) is 3.77. The highest BCUT2D eigenvalue weighted by Crippen LogP contribution is 2.37. The minimum Gasteiger partial charge on any atom is -0.504 e. The van der Waals surface area contributed by atoms with Crippen LogP contribution >= 0.6 is 11.6 Å². The summed E-state index contributed by atoms with van der Waals surface area (Å²) in [5.74, 6) is -0.342. The molecule has 0 unspecified atom stereocenters. The van der Waals surface area contributed by atoms with Gasteiger partial charge in [0.05, 0.1) is 5.02 Å². The zero-order chi connectivity index (χ0) is 9.30. The van der Waals surface area contributed by atoms with E-state index >= 15 is 0 Å². The van der Waals surface area contributed by atoms with Crippen molar-refractivity contribution < 1.29 is 10.2 Å². The minimum atomic E-state index is -0.230. The molecule has 0 saturated carbocycles. The highest BCUT2D eigenvalue weighted by atomic mass is 35.5. The van der Waals surface area contributed by atoms with Crippen LogP contribution in [0.1, 0.15) is 18.1 Å². The van der Waals surface area contributed by atoms with E-state index in [9.17, 15) is 10.2 Å². The monoisotopic (exact) mass is 186 g/mol. The fraction of sp³-hybridized carbons (Fsp3) is 0.333. The van der Waals surface area contributed by atoms with Gasteiger partial charge in [0.2, 0.25) is 0 Å². The molecule has 1 aromatic rings. The normalized spacial score (nSPS) is 10.2. The van der Waals surface area contributed by atoms with Crippen LogP contribution in [0.5, 0.6) is 11.5 Å². The van der Waals surface area contributed by atoms with Gasteiger partial charge in [-0.2, -0.15) is 0 Å². The molecule has 0 aliphatic carbocycles. The van der Waals surface area contributed by atoms with Gasteiger partial charge in [0, 0.05) is 0 Å². The highest BCUT2D eigenvalue weighted by molar-refractivity contribution is 6.32. The molecule has 0 aromatic heterocycles. The molecule has 0 bridgehead atoms. The van der Waals surface area contributed by atoms with Crippen molar-refractivity contribution in [2.45, 2.75) is 20.3 Å². The fourth-order valence-corrected chi connectivity index (χ4v) is 1.36. The molecule has 0 saturated heterocycles. The van der Waals surface area contributed by atoms with Gasteiger partial charge >= 0.3 is 0 Å². The van der Waals surface area contributed by atoms with Crippen molar-refractivity contribution in [1.29, 1.82) is 0 Å². The van der Waals surface area contributed by atoms with Crippen molar-refractivity contribution in [2.24, 2.45) is 0 Å². The number of phenolic OH excluding ortho intramolecular Hbond substituents is 2. The summed E-state index contributed by atoms with van der Waals surface area (Å²) in [5, 5.41) is 18.8. The predicted octanol–water partition coefficient (Wildman–Crippen LogP) is 2.62. The Morgan fingerprint density at radius 3 is 2.42 bits per heavy atom. The molecule has 3 heteroatoms. The van der Waals surface area contributed by atoms with Crippen molar-refractivity contribution in [3.63, 3.8) is 0 Å². The standard InChI is InChI=1S/C9H11ClO2/c1-3-6-4-7(10)9(12)8(11)5(6)2/h4,11-12H,3H2,1-2H3. The third-order valence-corrected chi connectivity index (χ3v) is 2.26. The first kappa shape index (κ1) is 9.20. The second-order valence-electron chi connectivity index (χ2n) is 2.69. The molecule has 0 aliphatic rings. The molecular weight excluding hydrogens is 176 g/mol. The molecule has 0 aliphatic heterocycles. The molecule has 66 valence electrons. The van der Waals surface area contributed by atoms with Gasteiger partial charge < -0.3 is 10.2 Å². The molecule has 2 nitrogen and oxygen atoms in total. The van der Waals surface area contributed by atoms with Crippen LogP contribution in [0, 0.1) is 6.92 Å². The number of hydrogen-bond donors (Lipinski definition) is 2. The molecular formula is C9H11ClO2. The molecule has 1 rings (SSSR count). The topological polar surface area (TPSA) is 40.5 Å². The summed E-state index contributed by atoms with van der Waals surface area (Å²) in [4.78, 5) is 0. The first-order valence-corrected chi connectivity index (χ1v) is 4.15. The minimum absolute atomic E-state index is 0.112. The lowest BCUT2D eigenvalue weighted by Gasteiger charge is -2.08. The van der Waals surface area contributed by atoms with Gasteiger partial charge in [0.15, 0.2) is 11.5 Å². The second kappa shape index (κ2) is 3.23. The fourth-order valence-electron chi connectivity index (χ4n) is 1.14. The zero-order valence-electron chi connectivity index (χ0n) is 7.06. The number of halogens is 1. The van der Waals surface area contributed by atoms with E-state index < -0.39 is 0 Å². The summed E-state index contributed by atoms with van der Waals surface area (Å²) in [5.41, 5.74) is 1.65. The summed E-state index contributed by atoms with van der Waals surface area (Å²) in [6, 6.07) is 1.67. The van der Waals surface area contributed by atoms with Gasteiger partial charge in [-0.25, -0.2) is 0 Å². The van der Waals surface area contributed by atoms with Crippen LogP contribution in [0.3, 0.4) is 0 Å². The van der Waals surface area contributed by atoms with Gasteiger partial charge in [-0.15, -0.1) is 0 Å². The van der Waals surface area contributed by atoms with E-state index in [2.05, 4.69) is 0 Å². The maximum absolute atomic E-state index is 9.36. The highest BCUT2D eigenvalue weighted by Gasteiger charge is 2.11. The van der Waals surface area contributed by atoms with Gasteiger partial charge in [-0.3, -0.25) is 0 Å². The number of aryl methyl sites for hydroxylation is 1. The Bertz CT molecular complexity index is 308. The Morgan fingerprint density at radius 1 is 1.33 bits per heavy atom. The van der Waals surface area contributed by atoms with Crippen molar-refractivity contribution in [1.82, 2.24) is 0 Å². The number of benzene rings is 1. The van der Waals surface area contributed by atoms with Crippen LogP contribution in [0.4, 0.5) is 0 Å². The molecule has 0 radical (unpaired) electrons. The summed E-state index contributed by atoms with van der Waals surface area (Å²) in [6.07, 6.45) is 0.791. The molecule has 12 heavy (non-hydrogen) atoms. The quantitative estimate of drug-likeness (QED) is 0.662. The van der Waals surface area contributed by atoms with E-state index in [0.29, 0.717) is 5.56 Å². The molecule has 0 spiro atoms. The molecule has 0 fully saturated rings. The van der Waals surface area contributed by atoms with Crippen LogP contribution in [0.2, 0.25) is 5.02 Å². The van der Waals surface area contributed by atoms with E-state index in [1.807, 2.05) is 6.92 Å². The summed E-state index contributed by atoms with van der Waals surface area (Å²) < 4.78 is 0. The average Bonchev–Trinajstić information content (AvgIpc) is 2.08. The maximum Gasteiger partial charge on any atom is 0.176 e. The molecule has 0 atom stereocenters. The van der Waals surface area contributed by atoms with E-state index in [1.165, 1.54) is 0 Å². The van der Waals surface area contributed by atoms with Gasteiger partial charge in [0.25, 0.3) is 0 Å². The number of phenols is 2. The van der Waals surface area contributed by atoms with Crippen molar-refractivity contribution in [2.75, 3.05) is 0 Å². The van der Waals surface area contributed by atoms with Gasteiger partial charge in [-0.1, -0.05) is 18.5 Å². The first-order chi connectivity index (χ1) is 5.57. The van der Waals surface area contributed by atoms with Gasteiger partial charge in [-0.05, 0) is 30.5 Å². The Morgan fingerprint density at radius 2 is 1.92 bits per heavy atom. The lowest BCUT2D eigenvalue weighted by molar-refractivity contribution is 0.400. The SMILES string of the molecule is CCc1cc(Cl)c(O)c(O)c1C. The number of aromatic hydroxyl groups is 2. The number of rotatable bonds is 1. The average molecular weight is 187 g/mol. The molecule has 0 amide bonds. The second-order valence-corrected chi connectivity index (χ2v) is 3.10. The summed E-state index contributed by atoms with van der Waals surface area (Å²) in [7, 11) is 0. The predicted molar refractivity (Wildman–Crippen MR) is 48.9 cm³/mol. The van der Waals surface area contributed by atoms with Crippen molar-refractivity contribution >= 4 is 11.6 Å². The lowest BCUT2D eigenvalue weighted by atomic mass is 10.1. The van der Waals surface area contributed by atoms with E-state index in [-0.39, 0.29) is 16.5 Å². The van der Waals surface area contributed by atoms with Crippen LogP contribution in [0.25, 0.3) is 0 Å². The Kier molecular flexibility index (Phi) is 2.48. The van der Waals surface area contributed by atoms with Crippen LogP contribution < -0.4 is 0 Å². The van der Waals surface area contributed by atoms with Crippen LogP contribution in [-0.2, 0) is 6.42 Å². The Labute approximate surface area is 76.4 Å². The molecule has 1 aromatic carbocycles. The van der Waals surface area contributed by atoms with Crippen molar-refractivity contribution in [3.8, 4) is 11.5 Å². The zero-order valence-corrected chi connectivity index (χ0v) is 7.81. The third-order valence-electron chi connectivity index (χ3n) is 1.97. The van der Waals surface area contributed by atoms with Crippen LogP contribution in [-0.4, -0.2) is 10.2 Å². The Hall–Kier alpha value is -0.890. The molecule has 2 N–H and O–H groups in total. The Balaban J connectivity index is 3.39. The van der Waals surface area contributed by atoms with E-state index in [1.54, 1.807) is 13.0 Å².